The Morgan fingerprint density at radius 1 is 1.31 bits per heavy atom. The predicted molar refractivity (Wildman–Crippen MR) is 63.7 cm³/mol. The summed E-state index contributed by atoms with van der Waals surface area (Å²) in [5.41, 5.74) is -0.229. The lowest BCUT2D eigenvalue weighted by molar-refractivity contribution is 0.0563. The van der Waals surface area contributed by atoms with Crippen LogP contribution < -0.4 is 5.32 Å². The number of nitrogens with one attached hydrogen (secondary N) is 1. The molecule has 3 heteroatoms. The fraction of sp³-hybridized carbons (Fsp3) is 0.538. The SMILES string of the molecule is CC(C)CNCC(C)(O)c1ccc(F)cc1. The molecule has 2 N–H and O–H groups in total. The summed E-state index contributed by atoms with van der Waals surface area (Å²) < 4.78 is 12.7. The third kappa shape index (κ3) is 3.91. The number of aliphatic hydroxyl groups is 1. The van der Waals surface area contributed by atoms with E-state index in [0.29, 0.717) is 12.5 Å². The summed E-state index contributed by atoms with van der Waals surface area (Å²) >= 11 is 0. The molecule has 0 radical (unpaired) electrons. The van der Waals surface area contributed by atoms with Gasteiger partial charge in [0.15, 0.2) is 0 Å². The number of rotatable bonds is 5. The molecule has 0 bridgehead atoms. The highest BCUT2D eigenvalue weighted by atomic mass is 19.1. The summed E-state index contributed by atoms with van der Waals surface area (Å²) in [7, 11) is 0. The van der Waals surface area contributed by atoms with Crippen molar-refractivity contribution in [2.24, 2.45) is 5.92 Å². The largest absolute Gasteiger partial charge is 0.384 e. The van der Waals surface area contributed by atoms with E-state index in [4.69, 9.17) is 0 Å². The van der Waals surface area contributed by atoms with Crippen LogP contribution in [0.5, 0.6) is 0 Å². The second-order valence-electron chi connectivity index (χ2n) is 4.81. The molecule has 1 aromatic rings. The normalized spacial score (nSPS) is 15.1. The van der Waals surface area contributed by atoms with Crippen molar-refractivity contribution in [2.75, 3.05) is 13.1 Å². The highest BCUT2D eigenvalue weighted by Crippen LogP contribution is 2.19. The zero-order valence-electron chi connectivity index (χ0n) is 10.1. The summed E-state index contributed by atoms with van der Waals surface area (Å²) in [5.74, 6) is 0.263. The molecule has 0 heterocycles. The third-order valence-electron chi connectivity index (χ3n) is 2.49. The van der Waals surface area contributed by atoms with E-state index in [2.05, 4.69) is 19.2 Å². The van der Waals surface area contributed by atoms with E-state index in [1.807, 2.05) is 0 Å². The zero-order valence-corrected chi connectivity index (χ0v) is 10.1. The Hall–Kier alpha value is -0.930. The van der Waals surface area contributed by atoms with E-state index in [-0.39, 0.29) is 5.82 Å². The molecule has 1 atom stereocenters. The average molecular weight is 225 g/mol. The first-order chi connectivity index (χ1) is 7.42. The van der Waals surface area contributed by atoms with Crippen LogP contribution in [0.25, 0.3) is 0 Å². The Bertz CT molecular complexity index is 319. The monoisotopic (exact) mass is 225 g/mol. The fourth-order valence-electron chi connectivity index (χ4n) is 1.52. The molecule has 1 aromatic carbocycles. The second kappa shape index (κ2) is 5.41. The van der Waals surface area contributed by atoms with Gasteiger partial charge in [-0.05, 0) is 37.1 Å². The van der Waals surface area contributed by atoms with Gasteiger partial charge in [0.05, 0.1) is 5.60 Å². The van der Waals surface area contributed by atoms with Crippen LogP contribution in [-0.2, 0) is 5.60 Å². The molecule has 1 unspecified atom stereocenters. The van der Waals surface area contributed by atoms with Crippen LogP contribution in [0.4, 0.5) is 4.39 Å². The highest BCUT2D eigenvalue weighted by Gasteiger charge is 2.22. The van der Waals surface area contributed by atoms with Crippen molar-refractivity contribution in [3.63, 3.8) is 0 Å². The smallest absolute Gasteiger partial charge is 0.123 e. The van der Waals surface area contributed by atoms with Crippen LogP contribution >= 0.6 is 0 Å². The van der Waals surface area contributed by atoms with Gasteiger partial charge in [0.2, 0.25) is 0 Å². The Balaban J connectivity index is 2.59. The zero-order chi connectivity index (χ0) is 12.2. The highest BCUT2D eigenvalue weighted by molar-refractivity contribution is 5.22. The number of hydrogen-bond donors (Lipinski definition) is 2. The van der Waals surface area contributed by atoms with E-state index in [0.717, 1.165) is 12.1 Å². The minimum atomic E-state index is -0.956. The molecular formula is C13H20FNO. The molecule has 0 aromatic heterocycles. The molecule has 0 saturated carbocycles. The van der Waals surface area contributed by atoms with Crippen molar-refractivity contribution in [1.82, 2.24) is 5.32 Å². The van der Waals surface area contributed by atoms with Crippen LogP contribution in [0.3, 0.4) is 0 Å². The minimum Gasteiger partial charge on any atom is -0.384 e. The first-order valence-electron chi connectivity index (χ1n) is 5.61. The van der Waals surface area contributed by atoms with Gasteiger partial charge >= 0.3 is 0 Å². The summed E-state index contributed by atoms with van der Waals surface area (Å²) in [6.07, 6.45) is 0. The molecule has 0 spiro atoms. The van der Waals surface area contributed by atoms with Crippen molar-refractivity contribution < 1.29 is 9.50 Å². The standard InChI is InChI=1S/C13H20FNO/c1-10(2)8-15-9-13(3,16)11-4-6-12(14)7-5-11/h4-7,10,15-16H,8-9H2,1-3H3. The topological polar surface area (TPSA) is 32.3 Å². The van der Waals surface area contributed by atoms with E-state index >= 15 is 0 Å². The minimum absolute atomic E-state index is 0.283. The van der Waals surface area contributed by atoms with Crippen molar-refractivity contribution >= 4 is 0 Å². The van der Waals surface area contributed by atoms with Crippen molar-refractivity contribution in [3.8, 4) is 0 Å². The molecule has 90 valence electrons. The lowest BCUT2D eigenvalue weighted by Crippen LogP contribution is -2.36. The maximum Gasteiger partial charge on any atom is 0.123 e. The van der Waals surface area contributed by atoms with Crippen LogP contribution in [-0.4, -0.2) is 18.2 Å². The van der Waals surface area contributed by atoms with Gasteiger partial charge in [-0.1, -0.05) is 26.0 Å². The van der Waals surface area contributed by atoms with Crippen molar-refractivity contribution in [3.05, 3.63) is 35.6 Å². The maximum absolute atomic E-state index is 12.7. The van der Waals surface area contributed by atoms with E-state index < -0.39 is 5.60 Å². The van der Waals surface area contributed by atoms with E-state index in [9.17, 15) is 9.50 Å². The summed E-state index contributed by atoms with van der Waals surface area (Å²) in [5, 5.41) is 13.4. The Labute approximate surface area is 96.5 Å². The third-order valence-corrected chi connectivity index (χ3v) is 2.49. The molecule has 2 nitrogen and oxygen atoms in total. The lowest BCUT2D eigenvalue weighted by Gasteiger charge is -2.24. The van der Waals surface area contributed by atoms with Gasteiger partial charge < -0.3 is 10.4 Å². The Morgan fingerprint density at radius 3 is 2.38 bits per heavy atom. The van der Waals surface area contributed by atoms with Crippen LogP contribution in [0.15, 0.2) is 24.3 Å². The molecule has 0 aliphatic heterocycles. The second-order valence-corrected chi connectivity index (χ2v) is 4.81. The Kier molecular flexibility index (Phi) is 4.44. The van der Waals surface area contributed by atoms with Gasteiger partial charge in [-0.3, -0.25) is 0 Å². The van der Waals surface area contributed by atoms with Crippen LogP contribution in [0, 0.1) is 11.7 Å². The maximum atomic E-state index is 12.7. The van der Waals surface area contributed by atoms with Gasteiger partial charge in [-0.25, -0.2) is 4.39 Å². The molecule has 0 aliphatic carbocycles. The molecular weight excluding hydrogens is 205 g/mol. The van der Waals surface area contributed by atoms with Crippen LogP contribution in [0.1, 0.15) is 26.3 Å². The van der Waals surface area contributed by atoms with Gasteiger partial charge in [0, 0.05) is 6.54 Å². The van der Waals surface area contributed by atoms with Gasteiger partial charge in [0.1, 0.15) is 5.82 Å². The fourth-order valence-corrected chi connectivity index (χ4v) is 1.52. The van der Waals surface area contributed by atoms with Crippen LogP contribution in [0.2, 0.25) is 0 Å². The molecule has 0 amide bonds. The summed E-state index contributed by atoms with van der Waals surface area (Å²) in [6, 6.07) is 5.97. The number of hydrogen-bond acceptors (Lipinski definition) is 2. The van der Waals surface area contributed by atoms with E-state index in [1.54, 1.807) is 19.1 Å². The molecule has 1 rings (SSSR count). The summed E-state index contributed by atoms with van der Waals surface area (Å²) in [6.45, 7) is 7.28. The lowest BCUT2D eigenvalue weighted by atomic mass is 9.96. The number of halogens is 1. The Morgan fingerprint density at radius 2 is 1.88 bits per heavy atom. The molecule has 0 aliphatic rings. The van der Waals surface area contributed by atoms with Gasteiger partial charge in [0.25, 0.3) is 0 Å². The average Bonchev–Trinajstić information content (AvgIpc) is 2.17. The number of benzene rings is 1. The van der Waals surface area contributed by atoms with E-state index in [1.165, 1.54) is 12.1 Å². The van der Waals surface area contributed by atoms with Gasteiger partial charge in [-0.2, -0.15) is 0 Å². The summed E-state index contributed by atoms with van der Waals surface area (Å²) in [4.78, 5) is 0. The molecule has 0 saturated heterocycles. The predicted octanol–water partition coefficient (Wildman–Crippen LogP) is 2.28. The quantitative estimate of drug-likeness (QED) is 0.805. The molecule has 16 heavy (non-hydrogen) atoms. The van der Waals surface area contributed by atoms with Crippen molar-refractivity contribution in [1.29, 1.82) is 0 Å². The van der Waals surface area contributed by atoms with Gasteiger partial charge in [-0.15, -0.1) is 0 Å². The first-order valence-corrected chi connectivity index (χ1v) is 5.61. The van der Waals surface area contributed by atoms with Crippen molar-refractivity contribution in [2.45, 2.75) is 26.4 Å². The first kappa shape index (κ1) is 13.1. The molecule has 0 fully saturated rings.